The molecule has 1 fully saturated rings. The highest BCUT2D eigenvalue weighted by atomic mass is 19.4. The van der Waals surface area contributed by atoms with E-state index in [1.807, 2.05) is 0 Å². The summed E-state index contributed by atoms with van der Waals surface area (Å²) in [6.45, 7) is -0.640. The van der Waals surface area contributed by atoms with E-state index in [9.17, 15) is 41.0 Å². The number of alkyl halides is 6. The first-order valence-corrected chi connectivity index (χ1v) is 7.28. The van der Waals surface area contributed by atoms with Crippen LogP contribution in [-0.4, -0.2) is 45.7 Å². The van der Waals surface area contributed by atoms with Crippen LogP contribution in [0.1, 0.15) is 34.3 Å². The van der Waals surface area contributed by atoms with Crippen molar-refractivity contribution in [2.24, 2.45) is 0 Å². The second-order valence-corrected chi connectivity index (χ2v) is 5.92. The fourth-order valence-electron chi connectivity index (χ4n) is 2.55. The number of carbonyl (C=O) groups excluding carboxylic acids is 1. The topological polar surface area (TPSA) is 77.8 Å². The molecular formula is C15H13F6NO4. The van der Waals surface area contributed by atoms with Gasteiger partial charge in [-0.05, 0) is 18.2 Å². The van der Waals surface area contributed by atoms with E-state index in [4.69, 9.17) is 5.11 Å². The molecule has 0 bridgehead atoms. The maximum Gasteiger partial charge on any atom is 0.416 e. The van der Waals surface area contributed by atoms with Crippen LogP contribution < -0.4 is 0 Å². The van der Waals surface area contributed by atoms with Gasteiger partial charge >= 0.3 is 18.3 Å². The average molecular weight is 385 g/mol. The lowest BCUT2D eigenvalue weighted by Crippen LogP contribution is -2.50. The van der Waals surface area contributed by atoms with E-state index in [1.54, 1.807) is 0 Å². The number of aliphatic hydroxyl groups is 1. The number of nitrogens with zero attached hydrogens (tertiary/aromatic N) is 1. The third-order valence-corrected chi connectivity index (χ3v) is 4.11. The second-order valence-electron chi connectivity index (χ2n) is 5.92. The van der Waals surface area contributed by atoms with Crippen LogP contribution in [0.25, 0.3) is 0 Å². The van der Waals surface area contributed by atoms with Crippen molar-refractivity contribution < 1.29 is 46.1 Å². The van der Waals surface area contributed by atoms with Crippen LogP contribution in [0.15, 0.2) is 18.2 Å². The van der Waals surface area contributed by atoms with E-state index in [-0.39, 0.29) is 32.0 Å². The lowest BCUT2D eigenvalue weighted by Gasteiger charge is -2.35. The Morgan fingerprint density at radius 3 is 1.69 bits per heavy atom. The fraction of sp³-hybridized carbons (Fsp3) is 0.467. The van der Waals surface area contributed by atoms with Crippen molar-refractivity contribution in [1.29, 1.82) is 0 Å². The molecule has 5 nitrogen and oxygen atoms in total. The minimum absolute atomic E-state index is 0.0871. The molecule has 0 spiro atoms. The molecule has 144 valence electrons. The van der Waals surface area contributed by atoms with Gasteiger partial charge in [0.15, 0.2) is 5.60 Å². The molecule has 2 N–H and O–H groups in total. The van der Waals surface area contributed by atoms with Gasteiger partial charge in [-0.2, -0.15) is 26.3 Å². The third kappa shape index (κ3) is 4.09. The Bertz CT molecular complexity index is 688. The highest BCUT2D eigenvalue weighted by Crippen LogP contribution is 2.36. The number of carbonyl (C=O) groups is 2. The molecule has 11 heteroatoms. The Balaban J connectivity index is 2.33. The Hall–Kier alpha value is -2.30. The van der Waals surface area contributed by atoms with Crippen molar-refractivity contribution in [2.45, 2.75) is 30.8 Å². The molecule has 0 aliphatic carbocycles. The van der Waals surface area contributed by atoms with Crippen molar-refractivity contribution in [3.8, 4) is 0 Å². The molecule has 1 saturated heterocycles. The van der Waals surface area contributed by atoms with Gasteiger partial charge in [0.05, 0.1) is 11.1 Å². The second kappa shape index (κ2) is 6.45. The summed E-state index contributed by atoms with van der Waals surface area (Å²) < 4.78 is 77.0. The van der Waals surface area contributed by atoms with Crippen LogP contribution in [0.2, 0.25) is 0 Å². The summed E-state index contributed by atoms with van der Waals surface area (Å²) in [5.74, 6) is -2.61. The zero-order valence-corrected chi connectivity index (χ0v) is 13.0. The molecule has 0 aromatic heterocycles. The minimum Gasteiger partial charge on any atom is -0.479 e. The van der Waals surface area contributed by atoms with Gasteiger partial charge in [0.25, 0.3) is 5.91 Å². The molecule has 1 aliphatic rings. The number of aliphatic carboxylic acids is 1. The Kier molecular flexibility index (Phi) is 4.97. The van der Waals surface area contributed by atoms with Gasteiger partial charge < -0.3 is 15.1 Å². The van der Waals surface area contributed by atoms with Crippen molar-refractivity contribution in [3.05, 3.63) is 34.9 Å². The number of hydrogen-bond donors (Lipinski definition) is 2. The number of carboxylic acids is 1. The lowest BCUT2D eigenvalue weighted by molar-refractivity contribution is -0.162. The molecule has 1 aromatic carbocycles. The van der Waals surface area contributed by atoms with Gasteiger partial charge in [-0.15, -0.1) is 0 Å². The smallest absolute Gasteiger partial charge is 0.416 e. The number of piperidine rings is 1. The molecule has 0 atom stereocenters. The number of benzene rings is 1. The fourth-order valence-corrected chi connectivity index (χ4v) is 2.55. The van der Waals surface area contributed by atoms with Crippen LogP contribution in [0.4, 0.5) is 26.3 Å². The summed E-state index contributed by atoms with van der Waals surface area (Å²) in [6.07, 6.45) is -10.9. The van der Waals surface area contributed by atoms with E-state index >= 15 is 0 Å². The zero-order chi connectivity index (χ0) is 19.9. The number of likely N-dealkylation sites (tertiary alicyclic amines) is 1. The zero-order valence-electron chi connectivity index (χ0n) is 13.0. The molecule has 26 heavy (non-hydrogen) atoms. The SMILES string of the molecule is O=C(c1cc(C(F)(F)F)cc(C(F)(F)F)c1)N1CCC(O)(C(=O)O)CC1. The molecule has 1 amide bonds. The Morgan fingerprint density at radius 2 is 1.35 bits per heavy atom. The Labute approximate surface area is 142 Å². The molecule has 0 saturated carbocycles. The molecule has 1 aromatic rings. The molecule has 0 radical (unpaired) electrons. The summed E-state index contributed by atoms with van der Waals surface area (Å²) in [7, 11) is 0. The monoisotopic (exact) mass is 385 g/mol. The van der Waals surface area contributed by atoms with Gasteiger partial charge in [-0.3, -0.25) is 4.79 Å². The van der Waals surface area contributed by atoms with E-state index in [2.05, 4.69) is 0 Å². The number of rotatable bonds is 2. The van der Waals surface area contributed by atoms with Gasteiger partial charge in [-0.1, -0.05) is 0 Å². The first kappa shape index (κ1) is 20.0. The normalized spacial score (nSPS) is 17.9. The van der Waals surface area contributed by atoms with Crippen LogP contribution in [0.5, 0.6) is 0 Å². The Morgan fingerprint density at radius 1 is 0.923 bits per heavy atom. The van der Waals surface area contributed by atoms with Crippen molar-refractivity contribution in [2.75, 3.05) is 13.1 Å². The summed E-state index contributed by atoms with van der Waals surface area (Å²) in [4.78, 5) is 24.1. The highest BCUT2D eigenvalue weighted by molar-refractivity contribution is 5.95. The first-order valence-electron chi connectivity index (χ1n) is 7.28. The summed E-state index contributed by atoms with van der Waals surface area (Å²) >= 11 is 0. The number of hydrogen-bond acceptors (Lipinski definition) is 3. The van der Waals surface area contributed by atoms with Crippen LogP contribution >= 0.6 is 0 Å². The molecule has 1 aliphatic heterocycles. The molecule has 0 unspecified atom stereocenters. The molecule has 1 heterocycles. The van der Waals surface area contributed by atoms with E-state index in [0.717, 1.165) is 4.90 Å². The lowest BCUT2D eigenvalue weighted by atomic mass is 9.91. The summed E-state index contributed by atoms with van der Waals surface area (Å²) in [5, 5.41) is 18.7. The standard InChI is InChI=1S/C15H13F6NO4/c16-14(17,18)9-5-8(6-10(7-9)15(19,20)21)11(23)22-3-1-13(26,2-4-22)12(24)25/h5-7,26H,1-4H2,(H,24,25). The average Bonchev–Trinajstić information content (AvgIpc) is 2.52. The first-order chi connectivity index (χ1) is 11.7. The predicted octanol–water partition coefficient (Wildman–Crippen LogP) is 2.78. The van der Waals surface area contributed by atoms with Crippen molar-refractivity contribution in [1.82, 2.24) is 4.90 Å². The van der Waals surface area contributed by atoms with Gasteiger partial charge in [0.1, 0.15) is 0 Å². The molecule has 2 rings (SSSR count). The maximum absolute atomic E-state index is 12.8. The number of halogens is 6. The van der Waals surface area contributed by atoms with Crippen molar-refractivity contribution >= 4 is 11.9 Å². The minimum atomic E-state index is -5.08. The quantitative estimate of drug-likeness (QED) is 0.768. The number of carboxylic acid groups (broad SMARTS) is 1. The largest absolute Gasteiger partial charge is 0.479 e. The van der Waals surface area contributed by atoms with Gasteiger partial charge in [-0.25, -0.2) is 4.79 Å². The van der Waals surface area contributed by atoms with E-state index in [1.165, 1.54) is 0 Å². The van der Waals surface area contributed by atoms with Gasteiger partial charge in [0.2, 0.25) is 0 Å². The van der Waals surface area contributed by atoms with Crippen LogP contribution in [0.3, 0.4) is 0 Å². The van der Waals surface area contributed by atoms with Crippen LogP contribution in [-0.2, 0) is 17.1 Å². The van der Waals surface area contributed by atoms with Crippen molar-refractivity contribution in [3.63, 3.8) is 0 Å². The van der Waals surface area contributed by atoms with E-state index in [0.29, 0.717) is 12.1 Å². The highest BCUT2D eigenvalue weighted by Gasteiger charge is 2.42. The third-order valence-electron chi connectivity index (χ3n) is 4.11. The summed E-state index contributed by atoms with van der Waals surface area (Å²) in [5.41, 5.74) is -6.13. The number of amides is 1. The van der Waals surface area contributed by atoms with E-state index < -0.39 is 46.5 Å². The van der Waals surface area contributed by atoms with Gasteiger partial charge in [0, 0.05) is 31.5 Å². The van der Waals surface area contributed by atoms with Crippen LogP contribution in [0, 0.1) is 0 Å². The summed E-state index contributed by atoms with van der Waals surface area (Å²) in [6, 6.07) is 0.543. The maximum atomic E-state index is 12.8. The predicted molar refractivity (Wildman–Crippen MR) is 74.2 cm³/mol. The molecular weight excluding hydrogens is 372 g/mol.